The van der Waals surface area contributed by atoms with Crippen molar-refractivity contribution >= 4 is 11.8 Å². The molecule has 3 N–H and O–H groups in total. The molecule has 0 bridgehead atoms. The number of nitrogens with zero attached hydrogens (tertiary/aromatic N) is 2. The predicted octanol–water partition coefficient (Wildman–Crippen LogP) is 1.37. The number of primary amides is 1. The molecule has 2 amide bonds. The van der Waals surface area contributed by atoms with Crippen LogP contribution < -0.4 is 5.73 Å². The SMILES string of the molecule is NC(=O)c1ccc(CN2CCCC3(CCC(=O)N(CCCO)C3)C2)cc1. The maximum absolute atomic E-state index is 12.2. The highest BCUT2D eigenvalue weighted by Gasteiger charge is 2.41. The van der Waals surface area contributed by atoms with Gasteiger partial charge in [0.15, 0.2) is 0 Å². The quantitative estimate of drug-likeness (QED) is 0.803. The van der Waals surface area contributed by atoms with Gasteiger partial charge in [-0.25, -0.2) is 0 Å². The summed E-state index contributed by atoms with van der Waals surface area (Å²) in [5.41, 5.74) is 7.19. The molecule has 1 unspecified atom stereocenters. The van der Waals surface area contributed by atoms with Crippen LogP contribution in [0.4, 0.5) is 0 Å². The second-order valence-electron chi connectivity index (χ2n) is 7.77. The molecule has 2 saturated heterocycles. The lowest BCUT2D eigenvalue weighted by Gasteiger charge is -2.48. The maximum Gasteiger partial charge on any atom is 0.248 e. The molecule has 1 spiro atoms. The van der Waals surface area contributed by atoms with E-state index < -0.39 is 5.91 Å². The standard InChI is InChI=1S/C20H29N3O3/c21-19(26)17-5-3-16(4-6-17)13-22-10-1-8-20(14-22)9-7-18(25)23(15-20)11-2-12-24/h3-6,24H,1-2,7-15H2,(H2,21,26). The van der Waals surface area contributed by atoms with Crippen molar-refractivity contribution in [1.82, 2.24) is 9.80 Å². The molecule has 2 aliphatic rings. The molecule has 1 aromatic carbocycles. The van der Waals surface area contributed by atoms with E-state index in [1.807, 2.05) is 17.0 Å². The van der Waals surface area contributed by atoms with Gasteiger partial charge < -0.3 is 15.7 Å². The summed E-state index contributed by atoms with van der Waals surface area (Å²) in [4.78, 5) is 27.8. The minimum absolute atomic E-state index is 0.129. The van der Waals surface area contributed by atoms with E-state index in [0.717, 1.165) is 45.4 Å². The van der Waals surface area contributed by atoms with Crippen molar-refractivity contribution in [1.29, 1.82) is 0 Å². The molecule has 2 aliphatic heterocycles. The molecule has 2 heterocycles. The maximum atomic E-state index is 12.2. The third-order valence-electron chi connectivity index (χ3n) is 5.72. The Morgan fingerprint density at radius 2 is 1.96 bits per heavy atom. The summed E-state index contributed by atoms with van der Waals surface area (Å²) in [5, 5.41) is 9.07. The van der Waals surface area contributed by atoms with Gasteiger partial charge >= 0.3 is 0 Å². The lowest BCUT2D eigenvalue weighted by Crippen LogP contribution is -2.54. The Labute approximate surface area is 155 Å². The number of carbonyl (C=O) groups is 2. The molecule has 2 fully saturated rings. The van der Waals surface area contributed by atoms with Gasteiger partial charge in [-0.1, -0.05) is 12.1 Å². The van der Waals surface area contributed by atoms with E-state index in [1.165, 1.54) is 5.56 Å². The first-order valence-corrected chi connectivity index (χ1v) is 9.51. The van der Waals surface area contributed by atoms with Crippen molar-refractivity contribution in [2.45, 2.75) is 38.6 Å². The van der Waals surface area contributed by atoms with Crippen molar-refractivity contribution in [3.8, 4) is 0 Å². The number of rotatable bonds is 6. The zero-order valence-corrected chi connectivity index (χ0v) is 15.3. The van der Waals surface area contributed by atoms with Gasteiger partial charge in [0.25, 0.3) is 0 Å². The molecule has 1 aromatic rings. The van der Waals surface area contributed by atoms with Gasteiger partial charge in [0, 0.05) is 50.2 Å². The molecule has 0 aromatic heterocycles. The van der Waals surface area contributed by atoms with Crippen LogP contribution in [-0.4, -0.2) is 59.5 Å². The van der Waals surface area contributed by atoms with Gasteiger partial charge in [-0.05, 0) is 49.9 Å². The van der Waals surface area contributed by atoms with Crippen LogP contribution in [-0.2, 0) is 11.3 Å². The van der Waals surface area contributed by atoms with E-state index in [1.54, 1.807) is 12.1 Å². The van der Waals surface area contributed by atoms with Crippen molar-refractivity contribution in [3.05, 3.63) is 35.4 Å². The van der Waals surface area contributed by atoms with Gasteiger partial charge in [-0.3, -0.25) is 14.5 Å². The highest BCUT2D eigenvalue weighted by atomic mass is 16.3. The van der Waals surface area contributed by atoms with Crippen molar-refractivity contribution in [3.63, 3.8) is 0 Å². The smallest absolute Gasteiger partial charge is 0.248 e. The summed E-state index contributed by atoms with van der Waals surface area (Å²) in [6.45, 7) is 4.50. The number of hydrogen-bond acceptors (Lipinski definition) is 4. The van der Waals surface area contributed by atoms with Crippen molar-refractivity contribution in [2.75, 3.05) is 32.8 Å². The fourth-order valence-electron chi connectivity index (χ4n) is 4.38. The van der Waals surface area contributed by atoms with Gasteiger partial charge in [-0.15, -0.1) is 0 Å². The Morgan fingerprint density at radius 3 is 2.65 bits per heavy atom. The Balaban J connectivity index is 1.62. The molecule has 0 aliphatic carbocycles. The van der Waals surface area contributed by atoms with E-state index in [-0.39, 0.29) is 17.9 Å². The monoisotopic (exact) mass is 359 g/mol. The molecule has 6 heteroatoms. The fraction of sp³-hybridized carbons (Fsp3) is 0.600. The second-order valence-corrected chi connectivity index (χ2v) is 7.77. The minimum Gasteiger partial charge on any atom is -0.396 e. The van der Waals surface area contributed by atoms with Crippen LogP contribution in [0.1, 0.15) is 48.0 Å². The number of likely N-dealkylation sites (tertiary alicyclic amines) is 2. The van der Waals surface area contributed by atoms with Gasteiger partial charge in [0.2, 0.25) is 11.8 Å². The van der Waals surface area contributed by atoms with Crippen LogP contribution in [0, 0.1) is 5.41 Å². The lowest BCUT2D eigenvalue weighted by atomic mass is 9.73. The summed E-state index contributed by atoms with van der Waals surface area (Å²) >= 11 is 0. The topological polar surface area (TPSA) is 86.9 Å². The molecular formula is C20H29N3O3. The van der Waals surface area contributed by atoms with E-state index in [4.69, 9.17) is 10.8 Å². The molecule has 3 rings (SSSR count). The summed E-state index contributed by atoms with van der Waals surface area (Å²) in [6, 6.07) is 7.51. The van der Waals surface area contributed by atoms with Crippen LogP contribution in [0.15, 0.2) is 24.3 Å². The van der Waals surface area contributed by atoms with E-state index in [0.29, 0.717) is 24.9 Å². The number of amides is 2. The van der Waals surface area contributed by atoms with Crippen LogP contribution in [0.25, 0.3) is 0 Å². The normalized spacial score (nSPS) is 24.2. The molecule has 6 nitrogen and oxygen atoms in total. The average Bonchev–Trinajstić information content (AvgIpc) is 2.63. The van der Waals surface area contributed by atoms with E-state index in [2.05, 4.69) is 4.90 Å². The number of nitrogens with two attached hydrogens (primary N) is 1. The number of hydrogen-bond donors (Lipinski definition) is 2. The Bertz CT molecular complexity index is 646. The highest BCUT2D eigenvalue weighted by molar-refractivity contribution is 5.92. The first kappa shape index (κ1) is 18.9. The average molecular weight is 359 g/mol. The van der Waals surface area contributed by atoms with Gasteiger partial charge in [-0.2, -0.15) is 0 Å². The Kier molecular flexibility index (Phi) is 5.94. The third-order valence-corrected chi connectivity index (χ3v) is 5.72. The number of benzene rings is 1. The van der Waals surface area contributed by atoms with Crippen molar-refractivity contribution in [2.24, 2.45) is 11.1 Å². The van der Waals surface area contributed by atoms with E-state index in [9.17, 15) is 9.59 Å². The van der Waals surface area contributed by atoms with Gasteiger partial charge in [0.05, 0.1) is 0 Å². The molecular weight excluding hydrogens is 330 g/mol. The number of carbonyl (C=O) groups excluding carboxylic acids is 2. The Hall–Kier alpha value is -1.92. The lowest BCUT2D eigenvalue weighted by molar-refractivity contribution is -0.139. The zero-order chi connectivity index (χ0) is 18.6. The molecule has 1 atom stereocenters. The van der Waals surface area contributed by atoms with Crippen LogP contribution in [0.5, 0.6) is 0 Å². The number of piperidine rings is 2. The summed E-state index contributed by atoms with van der Waals surface area (Å²) in [6.07, 6.45) is 4.53. The second kappa shape index (κ2) is 8.18. The highest BCUT2D eigenvalue weighted by Crippen LogP contribution is 2.39. The number of aliphatic hydroxyl groups excluding tert-OH is 1. The third kappa shape index (κ3) is 4.43. The molecule has 0 radical (unpaired) electrons. The first-order chi connectivity index (χ1) is 12.5. The largest absolute Gasteiger partial charge is 0.396 e. The molecule has 0 saturated carbocycles. The predicted molar refractivity (Wildman–Crippen MR) is 99.4 cm³/mol. The summed E-state index contributed by atoms with van der Waals surface area (Å²) in [5.74, 6) is -0.174. The van der Waals surface area contributed by atoms with Gasteiger partial charge in [0.1, 0.15) is 0 Å². The van der Waals surface area contributed by atoms with Crippen molar-refractivity contribution < 1.29 is 14.7 Å². The minimum atomic E-state index is -0.400. The van der Waals surface area contributed by atoms with E-state index >= 15 is 0 Å². The zero-order valence-electron chi connectivity index (χ0n) is 15.3. The summed E-state index contributed by atoms with van der Waals surface area (Å²) in [7, 11) is 0. The fourth-order valence-corrected chi connectivity index (χ4v) is 4.38. The summed E-state index contributed by atoms with van der Waals surface area (Å²) < 4.78 is 0. The Morgan fingerprint density at radius 1 is 1.19 bits per heavy atom. The van der Waals surface area contributed by atoms with Crippen LogP contribution in [0.2, 0.25) is 0 Å². The van der Waals surface area contributed by atoms with Crippen LogP contribution in [0.3, 0.4) is 0 Å². The van der Waals surface area contributed by atoms with Crippen LogP contribution >= 0.6 is 0 Å². The molecule has 142 valence electrons. The first-order valence-electron chi connectivity index (χ1n) is 9.51. The number of aliphatic hydroxyl groups is 1. The molecule has 26 heavy (non-hydrogen) atoms.